The van der Waals surface area contributed by atoms with E-state index in [0.717, 1.165) is 0 Å². The van der Waals surface area contributed by atoms with Crippen LogP contribution < -0.4 is 19.7 Å². The van der Waals surface area contributed by atoms with Gasteiger partial charge in [0, 0.05) is 5.56 Å². The van der Waals surface area contributed by atoms with Crippen LogP contribution >= 0.6 is 0 Å². The number of rotatable bonds is 7. The van der Waals surface area contributed by atoms with E-state index in [2.05, 4.69) is 10.0 Å². The van der Waals surface area contributed by atoms with Crippen LogP contribution in [0.4, 0.5) is 21.9 Å². The van der Waals surface area contributed by atoms with Crippen molar-refractivity contribution in [3.05, 3.63) is 78.4 Å². The minimum Gasteiger partial charge on any atom is -0.495 e. The monoisotopic (exact) mass is 467 g/mol. The number of carbonyl (C=O) groups is 2. The average molecular weight is 468 g/mol. The fraction of sp³-hybridized carbons (Fsp3) is 0.130. The number of anilines is 3. The minimum atomic E-state index is -3.89. The molecule has 0 radical (unpaired) electrons. The molecule has 33 heavy (non-hydrogen) atoms. The van der Waals surface area contributed by atoms with Crippen LogP contribution in [-0.2, 0) is 14.8 Å². The fourth-order valence-electron chi connectivity index (χ4n) is 3.34. The van der Waals surface area contributed by atoms with Gasteiger partial charge in [0.1, 0.15) is 12.4 Å². The molecule has 0 aliphatic carbocycles. The Morgan fingerprint density at radius 3 is 2.30 bits per heavy atom. The number of nitrogens with zero attached hydrogens (tertiary/aromatic N) is 1. The first-order valence-electron chi connectivity index (χ1n) is 9.99. The van der Waals surface area contributed by atoms with Crippen LogP contribution in [0, 0.1) is 0 Å². The van der Waals surface area contributed by atoms with E-state index in [1.165, 1.54) is 36.3 Å². The first-order chi connectivity index (χ1) is 15.9. The van der Waals surface area contributed by atoms with Crippen molar-refractivity contribution in [2.75, 3.05) is 35.2 Å². The van der Waals surface area contributed by atoms with Crippen LogP contribution in [0.3, 0.4) is 0 Å². The maximum Gasteiger partial charge on any atom is 0.414 e. The summed E-state index contributed by atoms with van der Waals surface area (Å²) in [6.45, 7) is 0.664. The molecule has 1 saturated heterocycles. The van der Waals surface area contributed by atoms with Gasteiger partial charge in [0.2, 0.25) is 0 Å². The summed E-state index contributed by atoms with van der Waals surface area (Å²) in [5.41, 5.74) is 1.52. The molecular formula is C23H21N3O6S. The lowest BCUT2D eigenvalue weighted by Crippen LogP contribution is -2.25. The Hall–Kier alpha value is -4.05. The topological polar surface area (TPSA) is 114 Å². The maximum absolute atomic E-state index is 12.8. The van der Waals surface area contributed by atoms with Gasteiger partial charge in [0.25, 0.3) is 15.9 Å². The summed E-state index contributed by atoms with van der Waals surface area (Å²) in [6.07, 6.45) is -0.478. The summed E-state index contributed by atoms with van der Waals surface area (Å²) in [7, 11) is -2.44. The number of hydrogen-bond donors (Lipinski definition) is 2. The van der Waals surface area contributed by atoms with E-state index in [9.17, 15) is 18.0 Å². The Balaban J connectivity index is 1.51. The number of amides is 2. The van der Waals surface area contributed by atoms with Crippen molar-refractivity contribution >= 4 is 39.1 Å². The molecule has 0 unspecified atom stereocenters. The lowest BCUT2D eigenvalue weighted by molar-refractivity contribution is 0.102. The van der Waals surface area contributed by atoms with Gasteiger partial charge in [-0.25, -0.2) is 13.2 Å². The molecule has 1 fully saturated rings. The second-order valence-electron chi connectivity index (χ2n) is 7.07. The van der Waals surface area contributed by atoms with E-state index >= 15 is 0 Å². The second kappa shape index (κ2) is 9.21. The SMILES string of the molecule is COc1ccccc1NS(=O)(=O)c1ccc(C(=O)Nc2ccccc2N2CCOC2=O)cc1. The Labute approximate surface area is 191 Å². The highest BCUT2D eigenvalue weighted by atomic mass is 32.2. The van der Waals surface area contributed by atoms with Gasteiger partial charge in [-0.05, 0) is 48.5 Å². The highest BCUT2D eigenvalue weighted by Crippen LogP contribution is 2.29. The summed E-state index contributed by atoms with van der Waals surface area (Å²) in [5.74, 6) is -0.0609. The number of carbonyl (C=O) groups excluding carboxylic acids is 2. The Morgan fingerprint density at radius 2 is 1.64 bits per heavy atom. The second-order valence-corrected chi connectivity index (χ2v) is 8.75. The van der Waals surface area contributed by atoms with E-state index in [4.69, 9.17) is 9.47 Å². The largest absolute Gasteiger partial charge is 0.495 e. The van der Waals surface area contributed by atoms with Crippen molar-refractivity contribution in [3.63, 3.8) is 0 Å². The van der Waals surface area contributed by atoms with Crippen LogP contribution in [0.25, 0.3) is 0 Å². The smallest absolute Gasteiger partial charge is 0.414 e. The third-order valence-electron chi connectivity index (χ3n) is 4.98. The Kier molecular flexibility index (Phi) is 6.18. The van der Waals surface area contributed by atoms with Gasteiger partial charge in [-0.15, -0.1) is 0 Å². The number of cyclic esters (lactones) is 1. The fourth-order valence-corrected chi connectivity index (χ4v) is 4.41. The van der Waals surface area contributed by atoms with Crippen LogP contribution in [0.5, 0.6) is 5.75 Å². The van der Waals surface area contributed by atoms with Gasteiger partial charge >= 0.3 is 6.09 Å². The highest BCUT2D eigenvalue weighted by Gasteiger charge is 2.26. The number of hydrogen-bond acceptors (Lipinski definition) is 6. The van der Waals surface area contributed by atoms with Gasteiger partial charge in [-0.2, -0.15) is 0 Å². The molecule has 3 aromatic carbocycles. The third-order valence-corrected chi connectivity index (χ3v) is 6.36. The Morgan fingerprint density at radius 1 is 0.970 bits per heavy atom. The third kappa shape index (κ3) is 4.75. The molecule has 1 aliphatic rings. The molecule has 2 amide bonds. The highest BCUT2D eigenvalue weighted by molar-refractivity contribution is 7.92. The van der Waals surface area contributed by atoms with Crippen molar-refractivity contribution in [3.8, 4) is 5.75 Å². The van der Waals surface area contributed by atoms with Crippen molar-refractivity contribution in [1.82, 2.24) is 0 Å². The first kappa shape index (κ1) is 22.2. The van der Waals surface area contributed by atoms with Gasteiger partial charge < -0.3 is 14.8 Å². The quantitative estimate of drug-likeness (QED) is 0.548. The molecule has 3 aromatic rings. The number of nitrogens with one attached hydrogen (secondary N) is 2. The first-order valence-corrected chi connectivity index (χ1v) is 11.5. The predicted molar refractivity (Wildman–Crippen MR) is 123 cm³/mol. The molecule has 2 N–H and O–H groups in total. The summed E-state index contributed by atoms with van der Waals surface area (Å²) in [6, 6.07) is 19.0. The predicted octanol–water partition coefficient (Wildman–Crippen LogP) is 3.70. The normalized spacial score (nSPS) is 13.4. The molecule has 0 aromatic heterocycles. The van der Waals surface area contributed by atoms with Crippen LogP contribution in [0.1, 0.15) is 10.4 Å². The summed E-state index contributed by atoms with van der Waals surface area (Å²) in [5, 5.41) is 2.77. The summed E-state index contributed by atoms with van der Waals surface area (Å²) < 4.78 is 38.1. The molecule has 0 spiro atoms. The lowest BCUT2D eigenvalue weighted by atomic mass is 10.2. The molecule has 0 bridgehead atoms. The van der Waals surface area contributed by atoms with Crippen LogP contribution in [-0.4, -0.2) is 40.7 Å². The van der Waals surface area contributed by atoms with E-state index in [1.54, 1.807) is 48.5 Å². The van der Waals surface area contributed by atoms with Crippen LogP contribution in [0.15, 0.2) is 77.7 Å². The van der Waals surface area contributed by atoms with Gasteiger partial charge in [0.05, 0.1) is 35.6 Å². The molecule has 170 valence electrons. The number of sulfonamides is 1. The maximum atomic E-state index is 12.8. The standard InChI is InChI=1S/C23H21N3O6S/c1-31-21-9-5-3-7-19(21)25-33(29,30)17-12-10-16(11-13-17)22(27)24-18-6-2-4-8-20(18)26-14-15-32-23(26)28/h2-13,25H,14-15H2,1H3,(H,24,27). The molecule has 1 heterocycles. The molecule has 9 nitrogen and oxygen atoms in total. The zero-order valence-electron chi connectivity index (χ0n) is 17.6. The molecule has 4 rings (SSSR count). The summed E-state index contributed by atoms with van der Waals surface area (Å²) in [4.78, 5) is 26.1. The van der Waals surface area contributed by atoms with Gasteiger partial charge in [0.15, 0.2) is 0 Å². The average Bonchev–Trinajstić information content (AvgIpc) is 3.25. The molecule has 10 heteroatoms. The van der Waals surface area contributed by atoms with Crippen molar-refractivity contribution in [1.29, 1.82) is 0 Å². The number of ether oxygens (including phenoxy) is 2. The van der Waals surface area contributed by atoms with E-state index in [1.807, 2.05) is 0 Å². The molecular weight excluding hydrogens is 446 g/mol. The minimum absolute atomic E-state index is 0.00910. The van der Waals surface area contributed by atoms with E-state index in [-0.39, 0.29) is 17.1 Å². The van der Waals surface area contributed by atoms with Crippen molar-refractivity contribution in [2.24, 2.45) is 0 Å². The molecule has 1 aliphatic heterocycles. The Bertz CT molecular complexity index is 1290. The molecule has 0 atom stereocenters. The van der Waals surface area contributed by atoms with Crippen molar-refractivity contribution in [2.45, 2.75) is 4.90 Å². The van der Waals surface area contributed by atoms with Crippen LogP contribution in [0.2, 0.25) is 0 Å². The number of methoxy groups -OCH3 is 1. The lowest BCUT2D eigenvalue weighted by Gasteiger charge is -2.17. The number of benzene rings is 3. The zero-order chi connectivity index (χ0) is 23.4. The van der Waals surface area contributed by atoms with Crippen molar-refractivity contribution < 1.29 is 27.5 Å². The number of para-hydroxylation sites is 4. The van der Waals surface area contributed by atoms with Gasteiger partial charge in [-0.3, -0.25) is 14.4 Å². The zero-order valence-corrected chi connectivity index (χ0v) is 18.5. The van der Waals surface area contributed by atoms with E-state index in [0.29, 0.717) is 29.4 Å². The molecule has 0 saturated carbocycles. The van der Waals surface area contributed by atoms with E-state index < -0.39 is 22.0 Å². The summed E-state index contributed by atoms with van der Waals surface area (Å²) >= 11 is 0. The van der Waals surface area contributed by atoms with Gasteiger partial charge in [-0.1, -0.05) is 24.3 Å².